The van der Waals surface area contributed by atoms with Crippen molar-refractivity contribution < 1.29 is 14.7 Å². The van der Waals surface area contributed by atoms with Crippen LogP contribution >= 0.6 is 15.9 Å². The minimum Gasteiger partial charge on any atom is -0.508 e. The standard InChI is InChI=1S/C16H15BrN2O3/c17-12-6-4-11(5-7-12)16(22)18-9-8-15(21)19-13-2-1-3-14(20)10-13/h1-7,10,20H,8-9H2,(H,18,22)(H,19,21). The van der Waals surface area contributed by atoms with Crippen LogP contribution in [0.3, 0.4) is 0 Å². The maximum absolute atomic E-state index is 11.8. The number of anilines is 1. The number of phenols is 1. The number of amides is 2. The van der Waals surface area contributed by atoms with Gasteiger partial charge in [-0.2, -0.15) is 0 Å². The summed E-state index contributed by atoms with van der Waals surface area (Å²) >= 11 is 3.30. The van der Waals surface area contributed by atoms with E-state index in [0.717, 1.165) is 4.47 Å². The second kappa shape index (κ2) is 7.61. The lowest BCUT2D eigenvalue weighted by Gasteiger charge is -2.07. The van der Waals surface area contributed by atoms with Gasteiger partial charge >= 0.3 is 0 Å². The van der Waals surface area contributed by atoms with E-state index in [9.17, 15) is 14.7 Å². The number of hydrogen-bond acceptors (Lipinski definition) is 3. The topological polar surface area (TPSA) is 78.4 Å². The molecule has 2 aromatic rings. The first-order chi connectivity index (χ1) is 10.5. The largest absolute Gasteiger partial charge is 0.508 e. The van der Waals surface area contributed by atoms with E-state index in [1.54, 1.807) is 36.4 Å². The van der Waals surface area contributed by atoms with Crippen LogP contribution in [0.2, 0.25) is 0 Å². The van der Waals surface area contributed by atoms with Crippen molar-refractivity contribution >= 4 is 33.4 Å². The van der Waals surface area contributed by atoms with E-state index in [1.807, 2.05) is 0 Å². The Labute approximate surface area is 136 Å². The van der Waals surface area contributed by atoms with Gasteiger partial charge in [0.05, 0.1) is 0 Å². The molecule has 0 heterocycles. The van der Waals surface area contributed by atoms with Crippen LogP contribution in [0.5, 0.6) is 5.75 Å². The SMILES string of the molecule is O=C(CCNC(=O)c1ccc(Br)cc1)Nc1cccc(O)c1. The van der Waals surface area contributed by atoms with Crippen molar-refractivity contribution in [2.75, 3.05) is 11.9 Å². The first-order valence-corrected chi connectivity index (χ1v) is 7.46. The molecule has 2 amide bonds. The lowest BCUT2D eigenvalue weighted by molar-refractivity contribution is -0.116. The molecule has 0 aliphatic carbocycles. The average Bonchev–Trinajstić information content (AvgIpc) is 2.47. The molecule has 2 aromatic carbocycles. The number of benzene rings is 2. The molecule has 6 heteroatoms. The molecule has 0 unspecified atom stereocenters. The molecule has 0 atom stereocenters. The fraction of sp³-hybridized carbons (Fsp3) is 0.125. The van der Waals surface area contributed by atoms with Crippen molar-refractivity contribution in [1.82, 2.24) is 5.32 Å². The van der Waals surface area contributed by atoms with Gasteiger partial charge in [-0.3, -0.25) is 9.59 Å². The Balaban J connectivity index is 1.77. The molecule has 22 heavy (non-hydrogen) atoms. The molecule has 2 rings (SSSR count). The minimum absolute atomic E-state index is 0.0846. The molecule has 0 bridgehead atoms. The maximum Gasteiger partial charge on any atom is 0.251 e. The van der Waals surface area contributed by atoms with Crippen molar-refractivity contribution in [2.45, 2.75) is 6.42 Å². The highest BCUT2D eigenvalue weighted by molar-refractivity contribution is 9.10. The number of halogens is 1. The van der Waals surface area contributed by atoms with E-state index >= 15 is 0 Å². The van der Waals surface area contributed by atoms with Crippen LogP contribution in [-0.2, 0) is 4.79 Å². The molecule has 0 spiro atoms. The number of hydrogen-bond donors (Lipinski definition) is 3. The van der Waals surface area contributed by atoms with E-state index in [4.69, 9.17) is 0 Å². The van der Waals surface area contributed by atoms with E-state index in [1.165, 1.54) is 12.1 Å². The van der Waals surface area contributed by atoms with Crippen molar-refractivity contribution in [2.24, 2.45) is 0 Å². The molecule has 0 radical (unpaired) electrons. The molecule has 0 saturated heterocycles. The third-order valence-corrected chi connectivity index (χ3v) is 3.40. The van der Waals surface area contributed by atoms with Crippen LogP contribution in [-0.4, -0.2) is 23.5 Å². The fourth-order valence-electron chi connectivity index (χ4n) is 1.80. The molecule has 0 fully saturated rings. The van der Waals surface area contributed by atoms with Crippen LogP contribution in [0.15, 0.2) is 53.0 Å². The Morgan fingerprint density at radius 3 is 2.50 bits per heavy atom. The smallest absolute Gasteiger partial charge is 0.251 e. The molecule has 3 N–H and O–H groups in total. The Morgan fingerprint density at radius 1 is 1.09 bits per heavy atom. The highest BCUT2D eigenvalue weighted by Crippen LogP contribution is 2.15. The third-order valence-electron chi connectivity index (χ3n) is 2.87. The van der Waals surface area contributed by atoms with Crippen LogP contribution < -0.4 is 10.6 Å². The number of aromatic hydroxyl groups is 1. The van der Waals surface area contributed by atoms with E-state index in [0.29, 0.717) is 11.3 Å². The second-order valence-electron chi connectivity index (χ2n) is 4.61. The van der Waals surface area contributed by atoms with Crippen molar-refractivity contribution in [3.63, 3.8) is 0 Å². The molecular formula is C16H15BrN2O3. The zero-order valence-electron chi connectivity index (χ0n) is 11.7. The summed E-state index contributed by atoms with van der Waals surface area (Å²) in [7, 11) is 0. The van der Waals surface area contributed by atoms with Crippen molar-refractivity contribution in [3.05, 3.63) is 58.6 Å². The maximum atomic E-state index is 11.8. The summed E-state index contributed by atoms with van der Waals surface area (Å²) < 4.78 is 0.898. The molecule has 0 aliphatic rings. The van der Waals surface area contributed by atoms with Crippen LogP contribution in [0.25, 0.3) is 0 Å². The summed E-state index contributed by atoms with van der Waals surface area (Å²) in [4.78, 5) is 23.6. The van der Waals surface area contributed by atoms with Crippen LogP contribution in [0.4, 0.5) is 5.69 Å². The number of rotatable bonds is 5. The minimum atomic E-state index is -0.235. The first-order valence-electron chi connectivity index (χ1n) is 6.67. The molecule has 0 saturated carbocycles. The van der Waals surface area contributed by atoms with E-state index in [2.05, 4.69) is 26.6 Å². The van der Waals surface area contributed by atoms with Gasteiger partial charge in [-0.05, 0) is 36.4 Å². The summed E-state index contributed by atoms with van der Waals surface area (Å²) in [5.74, 6) is -0.374. The van der Waals surface area contributed by atoms with Gasteiger partial charge < -0.3 is 15.7 Å². The monoisotopic (exact) mass is 362 g/mol. The summed E-state index contributed by atoms with van der Waals surface area (Å²) in [6.45, 7) is 0.236. The van der Waals surface area contributed by atoms with Gasteiger partial charge in [-0.1, -0.05) is 22.0 Å². The van der Waals surface area contributed by atoms with Crippen LogP contribution in [0.1, 0.15) is 16.8 Å². The number of carbonyl (C=O) groups excluding carboxylic acids is 2. The predicted octanol–water partition coefficient (Wildman–Crippen LogP) is 2.91. The quantitative estimate of drug-likeness (QED) is 0.764. The highest BCUT2D eigenvalue weighted by atomic mass is 79.9. The number of carbonyl (C=O) groups is 2. The summed E-state index contributed by atoms with van der Waals surface area (Å²) in [5, 5.41) is 14.6. The number of nitrogens with one attached hydrogen (secondary N) is 2. The molecule has 5 nitrogen and oxygen atoms in total. The molecule has 0 aliphatic heterocycles. The summed E-state index contributed by atoms with van der Waals surface area (Å²) in [5.41, 5.74) is 1.06. The van der Waals surface area contributed by atoms with Gasteiger partial charge in [0.1, 0.15) is 5.75 Å². The lowest BCUT2D eigenvalue weighted by atomic mass is 10.2. The fourth-order valence-corrected chi connectivity index (χ4v) is 2.06. The zero-order valence-corrected chi connectivity index (χ0v) is 13.3. The second-order valence-corrected chi connectivity index (χ2v) is 5.53. The van der Waals surface area contributed by atoms with Crippen molar-refractivity contribution in [1.29, 1.82) is 0 Å². The highest BCUT2D eigenvalue weighted by Gasteiger charge is 2.07. The average molecular weight is 363 g/mol. The zero-order chi connectivity index (χ0) is 15.9. The van der Waals surface area contributed by atoms with Crippen molar-refractivity contribution in [3.8, 4) is 5.75 Å². The normalized spacial score (nSPS) is 10.0. The molecular weight excluding hydrogens is 348 g/mol. The Bertz CT molecular complexity index is 671. The van der Waals surface area contributed by atoms with Gasteiger partial charge in [-0.15, -0.1) is 0 Å². The Kier molecular flexibility index (Phi) is 5.55. The first kappa shape index (κ1) is 16.0. The molecule has 114 valence electrons. The van der Waals surface area contributed by atoms with Gasteiger partial charge in [-0.25, -0.2) is 0 Å². The molecule has 0 aromatic heterocycles. The van der Waals surface area contributed by atoms with Gasteiger partial charge in [0, 0.05) is 34.8 Å². The van der Waals surface area contributed by atoms with Gasteiger partial charge in [0.2, 0.25) is 5.91 Å². The predicted molar refractivity (Wildman–Crippen MR) is 87.8 cm³/mol. The number of phenolic OH excluding ortho intramolecular Hbond substituents is 1. The van der Waals surface area contributed by atoms with E-state index in [-0.39, 0.29) is 30.5 Å². The summed E-state index contributed by atoms with van der Waals surface area (Å²) in [6.07, 6.45) is 0.151. The van der Waals surface area contributed by atoms with Gasteiger partial charge in [0.25, 0.3) is 5.91 Å². The van der Waals surface area contributed by atoms with Crippen LogP contribution in [0, 0.1) is 0 Å². The lowest BCUT2D eigenvalue weighted by Crippen LogP contribution is -2.27. The van der Waals surface area contributed by atoms with E-state index < -0.39 is 0 Å². The Hall–Kier alpha value is -2.34. The van der Waals surface area contributed by atoms with Gasteiger partial charge in [0.15, 0.2) is 0 Å². The third kappa shape index (κ3) is 4.89. The summed E-state index contributed by atoms with van der Waals surface area (Å²) in [6, 6.07) is 13.3. The Morgan fingerprint density at radius 2 is 1.82 bits per heavy atom.